The van der Waals surface area contributed by atoms with E-state index in [9.17, 15) is 4.79 Å². The van der Waals surface area contributed by atoms with Gasteiger partial charge in [0.05, 0.1) is 5.92 Å². The van der Waals surface area contributed by atoms with Crippen molar-refractivity contribution < 1.29 is 4.79 Å². The molecular weight excluding hydrogens is 174 g/mol. The van der Waals surface area contributed by atoms with E-state index in [1.54, 1.807) is 0 Å². The molecule has 14 heavy (non-hydrogen) atoms. The second kappa shape index (κ2) is 2.84. The Labute approximate surface area is 83.3 Å². The smallest absolute Gasteiger partial charge is 0.227 e. The zero-order valence-corrected chi connectivity index (χ0v) is 7.99. The lowest BCUT2D eigenvalue weighted by molar-refractivity contribution is -0.122. The molecule has 0 radical (unpaired) electrons. The molecule has 2 atom stereocenters. The Kier molecular flexibility index (Phi) is 1.63. The molecule has 3 aliphatic rings. The first-order chi connectivity index (χ1) is 6.86. The highest BCUT2D eigenvalue weighted by Gasteiger charge is 2.34. The summed E-state index contributed by atoms with van der Waals surface area (Å²) in [5.74, 6) is 0.885. The van der Waals surface area contributed by atoms with E-state index in [4.69, 9.17) is 0 Å². The third-order valence-electron chi connectivity index (χ3n) is 3.45. The lowest BCUT2D eigenvalue weighted by atomic mass is 9.78. The van der Waals surface area contributed by atoms with Gasteiger partial charge >= 0.3 is 0 Å². The molecule has 2 heteroatoms. The standard InChI is InChI=1S/C12H13NO/c14-12-11-6-5-8(7-13-12)9-3-1-2-4-10(9)11/h1-4,8,11H,5-7H2,(H,13,14). The largest absolute Gasteiger partial charge is 0.355 e. The van der Waals surface area contributed by atoms with Gasteiger partial charge in [0, 0.05) is 12.5 Å². The van der Waals surface area contributed by atoms with Crippen LogP contribution in [0.15, 0.2) is 24.3 Å². The van der Waals surface area contributed by atoms with Crippen LogP contribution in [0.25, 0.3) is 0 Å². The molecule has 0 saturated carbocycles. The van der Waals surface area contributed by atoms with Gasteiger partial charge in [0.25, 0.3) is 0 Å². The predicted octanol–water partition coefficient (Wildman–Crippen LogP) is 1.78. The Bertz CT molecular complexity index is 386. The summed E-state index contributed by atoms with van der Waals surface area (Å²) in [6.07, 6.45) is 2.17. The maximum absolute atomic E-state index is 11.7. The zero-order valence-electron chi connectivity index (χ0n) is 7.99. The average Bonchev–Trinajstić information content (AvgIpc) is 2.49. The SMILES string of the molecule is O=C1NCC2CCC1c1ccccc12. The molecule has 4 rings (SSSR count). The van der Waals surface area contributed by atoms with E-state index in [2.05, 4.69) is 23.5 Å². The first-order valence-electron chi connectivity index (χ1n) is 5.23. The first kappa shape index (κ1) is 8.04. The quantitative estimate of drug-likeness (QED) is 0.659. The fourth-order valence-electron chi connectivity index (χ4n) is 2.71. The van der Waals surface area contributed by atoms with Gasteiger partial charge in [0.1, 0.15) is 0 Å². The van der Waals surface area contributed by atoms with Crippen molar-refractivity contribution in [2.75, 3.05) is 6.54 Å². The van der Waals surface area contributed by atoms with Crippen LogP contribution in [0.3, 0.4) is 0 Å². The van der Waals surface area contributed by atoms with Gasteiger partial charge in [0.2, 0.25) is 5.91 Å². The molecule has 0 spiro atoms. The van der Waals surface area contributed by atoms with Crippen LogP contribution in [0.2, 0.25) is 0 Å². The van der Waals surface area contributed by atoms with E-state index in [0.717, 1.165) is 19.4 Å². The number of hydrogen-bond acceptors (Lipinski definition) is 1. The van der Waals surface area contributed by atoms with E-state index in [-0.39, 0.29) is 11.8 Å². The fraction of sp³-hybridized carbons (Fsp3) is 0.417. The van der Waals surface area contributed by atoms with Crippen molar-refractivity contribution in [3.05, 3.63) is 35.4 Å². The predicted molar refractivity (Wildman–Crippen MR) is 54.2 cm³/mol. The molecule has 0 aromatic heterocycles. The third-order valence-corrected chi connectivity index (χ3v) is 3.45. The van der Waals surface area contributed by atoms with Crippen LogP contribution >= 0.6 is 0 Å². The van der Waals surface area contributed by atoms with Gasteiger partial charge in [-0.25, -0.2) is 0 Å². The topological polar surface area (TPSA) is 29.1 Å². The van der Waals surface area contributed by atoms with Crippen LogP contribution in [0.5, 0.6) is 0 Å². The number of fused-ring (bicyclic) bond motifs is 3. The van der Waals surface area contributed by atoms with Gasteiger partial charge in [-0.2, -0.15) is 0 Å². The summed E-state index contributed by atoms with van der Waals surface area (Å²) in [5, 5.41) is 3.01. The molecule has 2 nitrogen and oxygen atoms in total. The van der Waals surface area contributed by atoms with Crippen molar-refractivity contribution in [1.29, 1.82) is 0 Å². The summed E-state index contributed by atoms with van der Waals surface area (Å²) < 4.78 is 0. The molecule has 2 heterocycles. The van der Waals surface area contributed by atoms with Gasteiger partial charge in [-0.15, -0.1) is 0 Å². The molecule has 1 N–H and O–H groups in total. The minimum absolute atomic E-state index is 0.116. The molecule has 1 aromatic rings. The van der Waals surface area contributed by atoms with Gasteiger partial charge < -0.3 is 5.32 Å². The Hall–Kier alpha value is -1.31. The van der Waals surface area contributed by atoms with Crippen LogP contribution < -0.4 is 5.32 Å². The average molecular weight is 187 g/mol. The number of amides is 1. The number of carbonyl (C=O) groups is 1. The van der Waals surface area contributed by atoms with E-state index >= 15 is 0 Å². The molecule has 1 aliphatic carbocycles. The minimum Gasteiger partial charge on any atom is -0.355 e. The molecule has 1 fully saturated rings. The normalized spacial score (nSPS) is 29.3. The first-order valence-corrected chi connectivity index (χ1v) is 5.23. The van der Waals surface area contributed by atoms with Gasteiger partial charge in [0.15, 0.2) is 0 Å². The van der Waals surface area contributed by atoms with Crippen molar-refractivity contribution in [3.8, 4) is 0 Å². The number of rotatable bonds is 0. The second-order valence-electron chi connectivity index (χ2n) is 4.20. The highest BCUT2D eigenvalue weighted by molar-refractivity contribution is 5.85. The third kappa shape index (κ3) is 0.999. The monoisotopic (exact) mass is 187 g/mol. The molecule has 2 bridgehead atoms. The lowest BCUT2D eigenvalue weighted by Gasteiger charge is -2.24. The van der Waals surface area contributed by atoms with Crippen LogP contribution in [0, 0.1) is 0 Å². The highest BCUT2D eigenvalue weighted by atomic mass is 16.1. The fourth-order valence-corrected chi connectivity index (χ4v) is 2.71. The van der Waals surface area contributed by atoms with Crippen molar-refractivity contribution in [2.45, 2.75) is 24.7 Å². The molecule has 1 amide bonds. The van der Waals surface area contributed by atoms with Crippen molar-refractivity contribution in [2.24, 2.45) is 0 Å². The van der Waals surface area contributed by atoms with Crippen LogP contribution in [-0.4, -0.2) is 12.5 Å². The van der Waals surface area contributed by atoms with E-state index in [1.165, 1.54) is 11.1 Å². The lowest BCUT2D eigenvalue weighted by Crippen LogP contribution is -2.26. The van der Waals surface area contributed by atoms with Crippen LogP contribution in [0.4, 0.5) is 0 Å². The van der Waals surface area contributed by atoms with Crippen molar-refractivity contribution >= 4 is 5.91 Å². The molecule has 2 aliphatic heterocycles. The maximum atomic E-state index is 11.7. The Morgan fingerprint density at radius 3 is 2.79 bits per heavy atom. The Balaban J connectivity index is 2.19. The summed E-state index contributed by atoms with van der Waals surface area (Å²) in [4.78, 5) is 11.7. The van der Waals surface area contributed by atoms with E-state index in [1.807, 2.05) is 6.07 Å². The molecular formula is C12H13NO. The van der Waals surface area contributed by atoms with Crippen LogP contribution in [0.1, 0.15) is 35.8 Å². The van der Waals surface area contributed by atoms with Gasteiger partial charge in [-0.05, 0) is 24.0 Å². The minimum atomic E-state index is 0.116. The summed E-state index contributed by atoms with van der Waals surface area (Å²) in [7, 11) is 0. The summed E-state index contributed by atoms with van der Waals surface area (Å²) >= 11 is 0. The number of carbonyl (C=O) groups excluding carboxylic acids is 1. The van der Waals surface area contributed by atoms with Crippen molar-refractivity contribution in [1.82, 2.24) is 5.32 Å². The Morgan fingerprint density at radius 1 is 1.14 bits per heavy atom. The summed E-state index contributed by atoms with van der Waals surface area (Å²) in [6, 6.07) is 8.39. The van der Waals surface area contributed by atoms with E-state index in [0.29, 0.717) is 5.92 Å². The van der Waals surface area contributed by atoms with Gasteiger partial charge in [-0.3, -0.25) is 4.79 Å². The van der Waals surface area contributed by atoms with Gasteiger partial charge in [-0.1, -0.05) is 24.3 Å². The molecule has 2 unspecified atom stereocenters. The molecule has 72 valence electrons. The van der Waals surface area contributed by atoms with Crippen molar-refractivity contribution in [3.63, 3.8) is 0 Å². The second-order valence-corrected chi connectivity index (χ2v) is 4.20. The number of hydrogen-bond donors (Lipinski definition) is 1. The highest BCUT2D eigenvalue weighted by Crippen LogP contribution is 2.40. The number of nitrogens with one attached hydrogen (secondary N) is 1. The van der Waals surface area contributed by atoms with Crippen LogP contribution in [-0.2, 0) is 4.79 Å². The molecule has 1 aromatic carbocycles. The maximum Gasteiger partial charge on any atom is 0.227 e. The summed E-state index contributed by atoms with van der Waals surface area (Å²) in [6.45, 7) is 0.826. The Morgan fingerprint density at radius 2 is 1.93 bits per heavy atom. The van der Waals surface area contributed by atoms with E-state index < -0.39 is 0 Å². The number of benzene rings is 1. The summed E-state index contributed by atoms with van der Waals surface area (Å²) in [5.41, 5.74) is 2.65. The molecule has 1 saturated heterocycles. The zero-order chi connectivity index (χ0) is 9.54.